The Bertz CT molecular complexity index is 465. The van der Waals surface area contributed by atoms with Gasteiger partial charge in [-0.05, 0) is 12.8 Å². The molecule has 0 spiro atoms. The van der Waals surface area contributed by atoms with Crippen molar-refractivity contribution in [1.82, 2.24) is 20.6 Å². The molecular weight excluding hydrogens is 268 g/mol. The van der Waals surface area contributed by atoms with Crippen molar-refractivity contribution in [3.63, 3.8) is 0 Å². The minimum atomic E-state index is -0.646. The Morgan fingerprint density at radius 1 is 1.32 bits per heavy atom. The molecule has 0 saturated heterocycles. The fraction of sp³-hybridized carbons (Fsp3) is 0.500. The number of amides is 2. The molecule has 6 nitrogen and oxygen atoms in total. The molecule has 7 heteroatoms. The van der Waals surface area contributed by atoms with Crippen molar-refractivity contribution in [3.8, 4) is 0 Å². The van der Waals surface area contributed by atoms with Crippen LogP contribution in [0.25, 0.3) is 0 Å². The van der Waals surface area contributed by atoms with Gasteiger partial charge in [-0.3, -0.25) is 14.6 Å². The van der Waals surface area contributed by atoms with Gasteiger partial charge in [0.05, 0.1) is 12.4 Å². The molecule has 0 saturated carbocycles. The van der Waals surface area contributed by atoms with Gasteiger partial charge in [-0.2, -0.15) is 0 Å². The molecule has 0 radical (unpaired) electrons. The fourth-order valence-corrected chi connectivity index (χ4v) is 1.39. The molecule has 1 aromatic rings. The second kappa shape index (κ2) is 7.04. The van der Waals surface area contributed by atoms with E-state index in [2.05, 4.69) is 20.6 Å². The van der Waals surface area contributed by atoms with Gasteiger partial charge < -0.3 is 10.6 Å². The number of carbonyl (C=O) groups excluding carboxylic acids is 2. The van der Waals surface area contributed by atoms with E-state index >= 15 is 0 Å². The van der Waals surface area contributed by atoms with E-state index in [1.54, 1.807) is 6.92 Å². The van der Waals surface area contributed by atoms with E-state index in [0.29, 0.717) is 12.5 Å². The lowest BCUT2D eigenvalue weighted by Crippen LogP contribution is -2.45. The summed E-state index contributed by atoms with van der Waals surface area (Å²) in [5.74, 6) is -0.370. The van der Waals surface area contributed by atoms with Crippen LogP contribution in [0.1, 0.15) is 31.3 Å². The largest absolute Gasteiger partial charge is 0.354 e. The predicted octanol–water partition coefficient (Wildman–Crippen LogP) is 1.02. The van der Waals surface area contributed by atoms with E-state index in [9.17, 15) is 9.59 Å². The molecule has 0 aliphatic heterocycles. The van der Waals surface area contributed by atoms with Crippen LogP contribution in [0.15, 0.2) is 12.4 Å². The fourth-order valence-electron chi connectivity index (χ4n) is 1.25. The molecule has 1 heterocycles. The van der Waals surface area contributed by atoms with Crippen LogP contribution >= 0.6 is 11.6 Å². The summed E-state index contributed by atoms with van der Waals surface area (Å²) in [7, 11) is 0. The van der Waals surface area contributed by atoms with E-state index in [0.717, 1.165) is 0 Å². The van der Waals surface area contributed by atoms with Crippen LogP contribution < -0.4 is 10.6 Å². The number of nitrogens with one attached hydrogen (secondary N) is 2. The van der Waals surface area contributed by atoms with Crippen LogP contribution in [0, 0.1) is 5.92 Å². The van der Waals surface area contributed by atoms with E-state index < -0.39 is 11.9 Å². The average molecular weight is 285 g/mol. The Hall–Kier alpha value is -1.69. The zero-order valence-corrected chi connectivity index (χ0v) is 11.9. The number of hydrogen-bond donors (Lipinski definition) is 2. The number of carbonyl (C=O) groups is 2. The highest BCUT2D eigenvalue weighted by Gasteiger charge is 2.17. The zero-order chi connectivity index (χ0) is 14.4. The first-order chi connectivity index (χ1) is 8.90. The quantitative estimate of drug-likeness (QED) is 0.845. The maximum Gasteiger partial charge on any atom is 0.272 e. The normalized spacial score (nSPS) is 12.1. The molecule has 19 heavy (non-hydrogen) atoms. The maximum absolute atomic E-state index is 11.8. The number of halogens is 1. The van der Waals surface area contributed by atoms with Gasteiger partial charge in [0.1, 0.15) is 16.9 Å². The van der Waals surface area contributed by atoms with Crippen molar-refractivity contribution in [3.05, 3.63) is 23.2 Å². The van der Waals surface area contributed by atoms with Gasteiger partial charge in [-0.25, -0.2) is 4.98 Å². The van der Waals surface area contributed by atoms with E-state index in [4.69, 9.17) is 11.6 Å². The first-order valence-corrected chi connectivity index (χ1v) is 6.34. The minimum absolute atomic E-state index is 0.0796. The summed E-state index contributed by atoms with van der Waals surface area (Å²) in [6, 6.07) is -0.646. The molecule has 1 unspecified atom stereocenters. The lowest BCUT2D eigenvalue weighted by molar-refractivity contribution is -0.122. The molecule has 1 rings (SSSR count). The first kappa shape index (κ1) is 15.4. The van der Waals surface area contributed by atoms with Crippen molar-refractivity contribution in [2.45, 2.75) is 26.8 Å². The second-order valence-electron chi connectivity index (χ2n) is 4.56. The van der Waals surface area contributed by atoms with E-state index in [1.165, 1.54) is 12.4 Å². The summed E-state index contributed by atoms with van der Waals surface area (Å²) in [6.07, 6.45) is 2.62. The predicted molar refractivity (Wildman–Crippen MR) is 71.8 cm³/mol. The van der Waals surface area contributed by atoms with E-state index in [1.807, 2.05) is 13.8 Å². The summed E-state index contributed by atoms with van der Waals surface area (Å²) in [6.45, 7) is 6.15. The van der Waals surface area contributed by atoms with Crippen molar-refractivity contribution < 1.29 is 9.59 Å². The van der Waals surface area contributed by atoms with Gasteiger partial charge in [0.25, 0.3) is 5.91 Å². The molecular formula is C12H17ClN4O2. The summed E-state index contributed by atoms with van der Waals surface area (Å²) >= 11 is 5.64. The van der Waals surface area contributed by atoms with Crippen LogP contribution in [-0.2, 0) is 4.79 Å². The number of aromatic nitrogens is 2. The molecule has 0 aliphatic carbocycles. The molecule has 2 amide bonds. The van der Waals surface area contributed by atoms with Gasteiger partial charge in [0, 0.05) is 6.54 Å². The number of rotatable bonds is 5. The monoisotopic (exact) mass is 284 g/mol. The highest BCUT2D eigenvalue weighted by atomic mass is 35.5. The van der Waals surface area contributed by atoms with Crippen LogP contribution in [0.3, 0.4) is 0 Å². The molecule has 0 fully saturated rings. The summed E-state index contributed by atoms with van der Waals surface area (Å²) in [5, 5.41) is 5.40. The van der Waals surface area contributed by atoms with E-state index in [-0.39, 0.29) is 16.8 Å². The highest BCUT2D eigenvalue weighted by molar-refractivity contribution is 6.29. The Labute approximate surface area is 117 Å². The van der Waals surface area contributed by atoms with Crippen LogP contribution in [0.4, 0.5) is 0 Å². The molecule has 1 aromatic heterocycles. The number of hydrogen-bond acceptors (Lipinski definition) is 4. The highest BCUT2D eigenvalue weighted by Crippen LogP contribution is 2.02. The topological polar surface area (TPSA) is 84.0 Å². The maximum atomic E-state index is 11.8. The van der Waals surface area contributed by atoms with Crippen LogP contribution in [-0.4, -0.2) is 34.4 Å². The molecule has 104 valence electrons. The molecule has 0 aliphatic rings. The molecule has 0 aromatic carbocycles. The average Bonchev–Trinajstić information content (AvgIpc) is 2.35. The molecule has 0 bridgehead atoms. The summed E-state index contributed by atoms with van der Waals surface area (Å²) < 4.78 is 0. The van der Waals surface area contributed by atoms with Crippen LogP contribution in [0.5, 0.6) is 0 Å². The number of nitrogens with zero attached hydrogens (tertiary/aromatic N) is 2. The summed E-state index contributed by atoms with van der Waals surface area (Å²) in [5.41, 5.74) is 0.0796. The first-order valence-electron chi connectivity index (χ1n) is 5.96. The minimum Gasteiger partial charge on any atom is -0.354 e. The lowest BCUT2D eigenvalue weighted by atomic mass is 10.2. The third-order valence-electron chi connectivity index (χ3n) is 2.26. The van der Waals surface area contributed by atoms with Crippen molar-refractivity contribution in [1.29, 1.82) is 0 Å². The second-order valence-corrected chi connectivity index (χ2v) is 4.95. The standard InChI is InChI=1S/C12H17ClN4O2/c1-7(2)4-15-11(18)8(3)16-12(19)9-5-14-6-10(13)17-9/h5-8H,4H2,1-3H3,(H,15,18)(H,16,19). The van der Waals surface area contributed by atoms with Gasteiger partial charge in [-0.15, -0.1) is 0 Å². The Balaban J connectivity index is 2.54. The zero-order valence-electron chi connectivity index (χ0n) is 11.1. The van der Waals surface area contributed by atoms with Gasteiger partial charge in [0.15, 0.2) is 0 Å². The van der Waals surface area contributed by atoms with Crippen molar-refractivity contribution >= 4 is 23.4 Å². The van der Waals surface area contributed by atoms with Crippen molar-refractivity contribution in [2.24, 2.45) is 5.92 Å². The molecule has 1 atom stereocenters. The van der Waals surface area contributed by atoms with Crippen LogP contribution in [0.2, 0.25) is 5.15 Å². The summed E-state index contributed by atoms with van der Waals surface area (Å²) in [4.78, 5) is 31.1. The lowest BCUT2D eigenvalue weighted by Gasteiger charge is -2.14. The van der Waals surface area contributed by atoms with Gasteiger partial charge >= 0.3 is 0 Å². The Kier molecular flexibility index (Phi) is 5.69. The van der Waals surface area contributed by atoms with Gasteiger partial charge in [-0.1, -0.05) is 25.4 Å². The SMILES string of the molecule is CC(C)CNC(=O)C(C)NC(=O)c1cncc(Cl)n1. The van der Waals surface area contributed by atoms with Gasteiger partial charge in [0.2, 0.25) is 5.91 Å². The third-order valence-corrected chi connectivity index (χ3v) is 2.45. The third kappa shape index (κ3) is 5.21. The molecule has 2 N–H and O–H groups in total. The van der Waals surface area contributed by atoms with Crippen molar-refractivity contribution in [2.75, 3.05) is 6.54 Å². The smallest absolute Gasteiger partial charge is 0.272 e. The Morgan fingerprint density at radius 3 is 2.58 bits per heavy atom. The Morgan fingerprint density at radius 2 is 2.00 bits per heavy atom.